The van der Waals surface area contributed by atoms with Crippen molar-refractivity contribution in [1.82, 2.24) is 4.90 Å². The number of hydrogen-bond acceptors (Lipinski definition) is 2. The summed E-state index contributed by atoms with van der Waals surface area (Å²) in [6.45, 7) is 3.66. The standard InChI is InChI=1S/C14H18N2O/c1-10-5-4-6-12(9-10)14(15-3)16(11(2)17)13-7-8-13/h4-6,9,13H,7-8H2,1-3H3. The predicted octanol–water partition coefficient (Wildman–Crippen LogP) is 2.38. The van der Waals surface area contributed by atoms with Gasteiger partial charge in [0.15, 0.2) is 0 Å². The molecule has 1 aromatic rings. The molecule has 0 bridgehead atoms. The van der Waals surface area contributed by atoms with E-state index in [2.05, 4.69) is 11.1 Å². The second kappa shape index (κ2) is 4.70. The molecule has 0 aliphatic heterocycles. The number of benzene rings is 1. The maximum absolute atomic E-state index is 11.7. The van der Waals surface area contributed by atoms with Gasteiger partial charge in [-0.2, -0.15) is 0 Å². The second-order valence-electron chi connectivity index (χ2n) is 4.54. The zero-order valence-corrected chi connectivity index (χ0v) is 10.6. The molecule has 0 heterocycles. The summed E-state index contributed by atoms with van der Waals surface area (Å²) in [7, 11) is 1.75. The normalized spacial score (nSPS) is 15.8. The highest BCUT2D eigenvalue weighted by Crippen LogP contribution is 2.28. The number of rotatable bonds is 2. The molecule has 1 saturated carbocycles. The number of amides is 1. The Bertz CT molecular complexity index is 461. The highest BCUT2D eigenvalue weighted by molar-refractivity contribution is 6.08. The van der Waals surface area contributed by atoms with Gasteiger partial charge >= 0.3 is 0 Å². The van der Waals surface area contributed by atoms with Crippen molar-refractivity contribution in [2.75, 3.05) is 7.05 Å². The van der Waals surface area contributed by atoms with E-state index in [0.717, 1.165) is 24.2 Å². The van der Waals surface area contributed by atoms with Crippen LogP contribution in [-0.4, -0.2) is 29.7 Å². The molecule has 1 aliphatic carbocycles. The number of nitrogens with zero attached hydrogens (tertiary/aromatic N) is 2. The number of aliphatic imine (C=N–C) groups is 1. The van der Waals surface area contributed by atoms with Gasteiger partial charge in [0.2, 0.25) is 5.91 Å². The van der Waals surface area contributed by atoms with Crippen LogP contribution in [0.5, 0.6) is 0 Å². The van der Waals surface area contributed by atoms with Crippen LogP contribution in [0.4, 0.5) is 0 Å². The van der Waals surface area contributed by atoms with Crippen LogP contribution >= 0.6 is 0 Å². The number of hydrogen-bond donors (Lipinski definition) is 0. The fourth-order valence-electron chi connectivity index (χ4n) is 2.07. The van der Waals surface area contributed by atoms with Gasteiger partial charge in [0.1, 0.15) is 5.84 Å². The highest BCUT2D eigenvalue weighted by atomic mass is 16.2. The molecular weight excluding hydrogens is 212 g/mol. The van der Waals surface area contributed by atoms with Crippen molar-refractivity contribution in [2.45, 2.75) is 32.7 Å². The van der Waals surface area contributed by atoms with E-state index < -0.39 is 0 Å². The van der Waals surface area contributed by atoms with Gasteiger partial charge in [-0.1, -0.05) is 23.8 Å². The molecular formula is C14H18N2O. The van der Waals surface area contributed by atoms with Crippen LogP contribution in [0.15, 0.2) is 29.3 Å². The van der Waals surface area contributed by atoms with Crippen LogP contribution in [-0.2, 0) is 4.79 Å². The second-order valence-corrected chi connectivity index (χ2v) is 4.54. The van der Waals surface area contributed by atoms with E-state index in [1.54, 1.807) is 14.0 Å². The lowest BCUT2D eigenvalue weighted by Crippen LogP contribution is -2.37. The predicted molar refractivity (Wildman–Crippen MR) is 69.2 cm³/mol. The molecule has 2 rings (SSSR count). The van der Waals surface area contributed by atoms with Crippen LogP contribution in [0, 0.1) is 6.92 Å². The molecule has 1 fully saturated rings. The van der Waals surface area contributed by atoms with Gasteiger partial charge in [-0.05, 0) is 25.8 Å². The van der Waals surface area contributed by atoms with Crippen LogP contribution in [0.1, 0.15) is 30.9 Å². The fraction of sp³-hybridized carbons (Fsp3) is 0.429. The van der Waals surface area contributed by atoms with E-state index in [9.17, 15) is 4.79 Å². The molecule has 0 aromatic heterocycles. The lowest BCUT2D eigenvalue weighted by Gasteiger charge is -2.22. The summed E-state index contributed by atoms with van der Waals surface area (Å²) in [5, 5.41) is 0. The average Bonchev–Trinajstić information content (AvgIpc) is 3.08. The third kappa shape index (κ3) is 2.54. The zero-order valence-electron chi connectivity index (χ0n) is 10.6. The highest BCUT2D eigenvalue weighted by Gasteiger charge is 2.34. The van der Waals surface area contributed by atoms with Gasteiger partial charge in [0.05, 0.1) is 0 Å². The minimum atomic E-state index is 0.0783. The minimum Gasteiger partial charge on any atom is -0.294 e. The number of amidine groups is 1. The molecule has 1 aliphatic rings. The van der Waals surface area contributed by atoms with E-state index in [4.69, 9.17) is 0 Å². The third-order valence-electron chi connectivity index (χ3n) is 2.97. The first-order valence-corrected chi connectivity index (χ1v) is 5.97. The van der Waals surface area contributed by atoms with Crippen molar-refractivity contribution >= 4 is 11.7 Å². The zero-order chi connectivity index (χ0) is 12.4. The summed E-state index contributed by atoms with van der Waals surface area (Å²) in [6.07, 6.45) is 2.18. The quantitative estimate of drug-likeness (QED) is 0.567. The summed E-state index contributed by atoms with van der Waals surface area (Å²) in [5.74, 6) is 0.873. The summed E-state index contributed by atoms with van der Waals surface area (Å²) < 4.78 is 0. The van der Waals surface area contributed by atoms with Crippen molar-refractivity contribution in [1.29, 1.82) is 0 Å². The Morgan fingerprint density at radius 1 is 1.41 bits per heavy atom. The van der Waals surface area contributed by atoms with E-state index in [1.165, 1.54) is 5.56 Å². The molecule has 1 amide bonds. The molecule has 90 valence electrons. The fourth-order valence-corrected chi connectivity index (χ4v) is 2.07. The molecule has 0 saturated heterocycles. The van der Waals surface area contributed by atoms with Gasteiger partial charge in [-0.25, -0.2) is 0 Å². The average molecular weight is 230 g/mol. The molecule has 0 spiro atoms. The molecule has 3 heteroatoms. The van der Waals surface area contributed by atoms with Crippen molar-refractivity contribution in [2.24, 2.45) is 4.99 Å². The molecule has 0 radical (unpaired) electrons. The molecule has 0 unspecified atom stereocenters. The van der Waals surface area contributed by atoms with Gasteiger partial charge < -0.3 is 0 Å². The van der Waals surface area contributed by atoms with E-state index in [0.29, 0.717) is 6.04 Å². The summed E-state index contributed by atoms with van der Waals surface area (Å²) in [4.78, 5) is 17.9. The summed E-state index contributed by atoms with van der Waals surface area (Å²) >= 11 is 0. The summed E-state index contributed by atoms with van der Waals surface area (Å²) in [6, 6.07) is 8.48. The Morgan fingerprint density at radius 3 is 2.59 bits per heavy atom. The first kappa shape index (κ1) is 11.8. The molecule has 0 atom stereocenters. The maximum Gasteiger partial charge on any atom is 0.225 e. The summed E-state index contributed by atoms with van der Waals surface area (Å²) in [5.41, 5.74) is 2.21. The Kier molecular flexibility index (Phi) is 3.27. The minimum absolute atomic E-state index is 0.0783. The topological polar surface area (TPSA) is 32.7 Å². The SMILES string of the molecule is CN=C(c1cccc(C)c1)N(C(C)=O)C1CC1. The Morgan fingerprint density at radius 2 is 2.12 bits per heavy atom. The smallest absolute Gasteiger partial charge is 0.225 e. The van der Waals surface area contributed by atoms with E-state index in [1.807, 2.05) is 30.0 Å². The van der Waals surface area contributed by atoms with E-state index in [-0.39, 0.29) is 5.91 Å². The van der Waals surface area contributed by atoms with Crippen LogP contribution < -0.4 is 0 Å². The largest absolute Gasteiger partial charge is 0.294 e. The Labute approximate surface area is 102 Å². The van der Waals surface area contributed by atoms with Gasteiger partial charge in [0, 0.05) is 25.6 Å². The molecule has 3 nitrogen and oxygen atoms in total. The number of carbonyl (C=O) groups is 1. The Balaban J connectivity index is 2.35. The monoisotopic (exact) mass is 230 g/mol. The molecule has 0 N–H and O–H groups in total. The lowest BCUT2D eigenvalue weighted by atomic mass is 10.1. The van der Waals surface area contributed by atoms with Gasteiger partial charge in [0.25, 0.3) is 0 Å². The van der Waals surface area contributed by atoms with Gasteiger partial charge in [-0.3, -0.25) is 14.7 Å². The molecule has 1 aromatic carbocycles. The Hall–Kier alpha value is -1.64. The third-order valence-corrected chi connectivity index (χ3v) is 2.97. The van der Waals surface area contributed by atoms with Crippen LogP contribution in [0.3, 0.4) is 0 Å². The first-order valence-electron chi connectivity index (χ1n) is 5.97. The maximum atomic E-state index is 11.7. The van der Waals surface area contributed by atoms with Crippen molar-refractivity contribution in [3.05, 3.63) is 35.4 Å². The van der Waals surface area contributed by atoms with Crippen LogP contribution in [0.25, 0.3) is 0 Å². The van der Waals surface area contributed by atoms with Crippen molar-refractivity contribution < 1.29 is 4.79 Å². The first-order chi connectivity index (χ1) is 8.13. The number of aryl methyl sites for hydroxylation is 1. The van der Waals surface area contributed by atoms with E-state index >= 15 is 0 Å². The number of carbonyl (C=O) groups excluding carboxylic acids is 1. The van der Waals surface area contributed by atoms with Crippen molar-refractivity contribution in [3.8, 4) is 0 Å². The van der Waals surface area contributed by atoms with Crippen LogP contribution in [0.2, 0.25) is 0 Å². The van der Waals surface area contributed by atoms with Gasteiger partial charge in [-0.15, -0.1) is 0 Å². The lowest BCUT2D eigenvalue weighted by molar-refractivity contribution is -0.125. The molecule has 17 heavy (non-hydrogen) atoms. The van der Waals surface area contributed by atoms with Crippen molar-refractivity contribution in [3.63, 3.8) is 0 Å².